The first-order valence-electron chi connectivity index (χ1n) is 7.73. The van der Waals surface area contributed by atoms with E-state index in [0.717, 1.165) is 26.2 Å². The standard InChI is InChI=1S/C16H31F2/c1-3-4-5-6-7-8-9-10-11-12-13-14-15-16(2,17)18/h1,3-15H2,2H3. The van der Waals surface area contributed by atoms with Gasteiger partial charge in [-0.15, -0.1) is 0 Å². The van der Waals surface area contributed by atoms with Crippen molar-refractivity contribution in [2.75, 3.05) is 0 Å². The first-order valence-corrected chi connectivity index (χ1v) is 7.73. The molecule has 0 aliphatic heterocycles. The van der Waals surface area contributed by atoms with Crippen LogP contribution in [-0.4, -0.2) is 5.92 Å². The van der Waals surface area contributed by atoms with Gasteiger partial charge in [-0.2, -0.15) is 0 Å². The minimum atomic E-state index is -2.46. The van der Waals surface area contributed by atoms with Crippen LogP contribution >= 0.6 is 0 Å². The first-order chi connectivity index (χ1) is 8.56. The van der Waals surface area contributed by atoms with Crippen LogP contribution in [-0.2, 0) is 0 Å². The van der Waals surface area contributed by atoms with Crippen molar-refractivity contribution in [1.29, 1.82) is 0 Å². The minimum absolute atomic E-state index is 0.0548. The minimum Gasteiger partial charge on any atom is -0.207 e. The lowest BCUT2D eigenvalue weighted by Crippen LogP contribution is -2.08. The largest absolute Gasteiger partial charge is 0.245 e. The van der Waals surface area contributed by atoms with Gasteiger partial charge in [-0.05, 0) is 13.3 Å². The van der Waals surface area contributed by atoms with Gasteiger partial charge < -0.3 is 0 Å². The van der Waals surface area contributed by atoms with E-state index in [2.05, 4.69) is 6.92 Å². The smallest absolute Gasteiger partial charge is 0.207 e. The second kappa shape index (κ2) is 11.9. The van der Waals surface area contributed by atoms with E-state index >= 15 is 0 Å². The molecule has 0 spiro atoms. The summed E-state index contributed by atoms with van der Waals surface area (Å²) in [6, 6.07) is 0. The topological polar surface area (TPSA) is 0 Å². The van der Waals surface area contributed by atoms with Crippen LogP contribution in [0.5, 0.6) is 0 Å². The molecule has 0 aliphatic carbocycles. The molecule has 0 saturated heterocycles. The summed E-state index contributed by atoms with van der Waals surface area (Å²) >= 11 is 0. The summed E-state index contributed by atoms with van der Waals surface area (Å²) < 4.78 is 25.0. The van der Waals surface area contributed by atoms with Crippen LogP contribution in [0.25, 0.3) is 0 Å². The van der Waals surface area contributed by atoms with Crippen molar-refractivity contribution in [1.82, 2.24) is 0 Å². The zero-order valence-electron chi connectivity index (χ0n) is 12.2. The molecule has 0 nitrogen and oxygen atoms in total. The maximum Gasteiger partial charge on any atom is 0.245 e. The van der Waals surface area contributed by atoms with Gasteiger partial charge in [0.05, 0.1) is 0 Å². The molecular formula is C16H31F2. The molecule has 0 N–H and O–H groups in total. The Morgan fingerprint density at radius 1 is 0.667 bits per heavy atom. The molecule has 1 radical (unpaired) electrons. The summed E-state index contributed by atoms with van der Waals surface area (Å²) in [5, 5.41) is 0. The van der Waals surface area contributed by atoms with Gasteiger partial charge in [0.2, 0.25) is 5.92 Å². The Bertz CT molecular complexity index is 161. The van der Waals surface area contributed by atoms with E-state index in [9.17, 15) is 8.78 Å². The number of hydrogen-bond donors (Lipinski definition) is 0. The summed E-state index contributed by atoms with van der Waals surface area (Å²) in [6.07, 6.45) is 14.3. The fourth-order valence-electron chi connectivity index (χ4n) is 2.20. The monoisotopic (exact) mass is 261 g/mol. The lowest BCUT2D eigenvalue weighted by atomic mass is 10.0. The molecule has 0 aliphatic rings. The van der Waals surface area contributed by atoms with Crippen molar-refractivity contribution in [3.63, 3.8) is 0 Å². The maximum absolute atomic E-state index is 12.5. The quantitative estimate of drug-likeness (QED) is 0.330. The van der Waals surface area contributed by atoms with Crippen LogP contribution in [0.15, 0.2) is 0 Å². The van der Waals surface area contributed by atoms with Gasteiger partial charge in [-0.3, -0.25) is 0 Å². The fourth-order valence-corrected chi connectivity index (χ4v) is 2.20. The summed E-state index contributed by atoms with van der Waals surface area (Å²) in [4.78, 5) is 0. The predicted molar refractivity (Wildman–Crippen MR) is 76.0 cm³/mol. The van der Waals surface area contributed by atoms with Crippen molar-refractivity contribution in [3.05, 3.63) is 6.92 Å². The molecular weight excluding hydrogens is 230 g/mol. The summed E-state index contributed by atoms with van der Waals surface area (Å²) in [5.74, 6) is -2.46. The maximum atomic E-state index is 12.5. The normalized spacial score (nSPS) is 12.0. The summed E-state index contributed by atoms with van der Waals surface area (Å²) in [5.41, 5.74) is 0. The van der Waals surface area contributed by atoms with Crippen molar-refractivity contribution in [3.8, 4) is 0 Å². The van der Waals surface area contributed by atoms with Crippen LogP contribution in [0, 0.1) is 6.92 Å². The number of rotatable bonds is 13. The molecule has 0 fully saturated rings. The Morgan fingerprint density at radius 2 is 1.00 bits per heavy atom. The molecule has 0 atom stereocenters. The van der Waals surface area contributed by atoms with Gasteiger partial charge in [0, 0.05) is 6.42 Å². The number of halogens is 2. The van der Waals surface area contributed by atoms with Crippen LogP contribution in [0.3, 0.4) is 0 Å². The van der Waals surface area contributed by atoms with E-state index in [-0.39, 0.29) is 6.42 Å². The highest BCUT2D eigenvalue weighted by atomic mass is 19.3. The Kier molecular flexibility index (Phi) is 11.8. The first kappa shape index (κ1) is 17.9. The Labute approximate surface area is 113 Å². The highest BCUT2D eigenvalue weighted by Gasteiger charge is 2.19. The molecule has 0 rings (SSSR count). The highest BCUT2D eigenvalue weighted by Crippen LogP contribution is 2.21. The summed E-state index contributed by atoms with van der Waals surface area (Å²) in [6.45, 7) is 4.85. The Morgan fingerprint density at radius 3 is 1.33 bits per heavy atom. The van der Waals surface area contributed by atoms with E-state index in [1.807, 2.05) is 0 Å². The lowest BCUT2D eigenvalue weighted by Gasteiger charge is -2.09. The molecule has 0 saturated carbocycles. The third-order valence-corrected chi connectivity index (χ3v) is 3.37. The lowest BCUT2D eigenvalue weighted by molar-refractivity contribution is 0.0103. The molecule has 18 heavy (non-hydrogen) atoms. The van der Waals surface area contributed by atoms with Crippen LogP contribution in [0.4, 0.5) is 8.78 Å². The Hall–Kier alpha value is -0.140. The van der Waals surface area contributed by atoms with Gasteiger partial charge in [-0.25, -0.2) is 8.78 Å². The van der Waals surface area contributed by atoms with Crippen molar-refractivity contribution >= 4 is 0 Å². The second-order valence-corrected chi connectivity index (χ2v) is 5.56. The molecule has 0 bridgehead atoms. The summed E-state index contributed by atoms with van der Waals surface area (Å²) in [7, 11) is 0. The van der Waals surface area contributed by atoms with E-state index in [1.54, 1.807) is 0 Å². The highest BCUT2D eigenvalue weighted by molar-refractivity contribution is 4.58. The van der Waals surface area contributed by atoms with Crippen molar-refractivity contribution < 1.29 is 8.78 Å². The fraction of sp³-hybridized carbons (Fsp3) is 0.938. The number of alkyl halides is 2. The van der Waals surface area contributed by atoms with Gasteiger partial charge in [-0.1, -0.05) is 77.6 Å². The molecule has 0 amide bonds. The van der Waals surface area contributed by atoms with Crippen LogP contribution in [0.1, 0.15) is 90.4 Å². The SMILES string of the molecule is [CH2]CCCCCCCCCCCCCC(C)(F)F. The van der Waals surface area contributed by atoms with Gasteiger partial charge >= 0.3 is 0 Å². The predicted octanol–water partition coefficient (Wildman–Crippen LogP) is 6.55. The van der Waals surface area contributed by atoms with E-state index in [1.165, 1.54) is 51.4 Å². The van der Waals surface area contributed by atoms with Crippen molar-refractivity contribution in [2.45, 2.75) is 96.3 Å². The zero-order chi connectivity index (χ0) is 13.7. The van der Waals surface area contributed by atoms with E-state index in [4.69, 9.17) is 0 Å². The molecule has 0 heterocycles. The van der Waals surface area contributed by atoms with Crippen molar-refractivity contribution in [2.24, 2.45) is 0 Å². The second-order valence-electron chi connectivity index (χ2n) is 5.56. The average molecular weight is 261 g/mol. The van der Waals surface area contributed by atoms with E-state index < -0.39 is 5.92 Å². The average Bonchev–Trinajstić information content (AvgIpc) is 2.29. The number of unbranched alkanes of at least 4 members (excludes halogenated alkanes) is 11. The molecule has 2 heteroatoms. The molecule has 0 aromatic rings. The molecule has 0 aromatic carbocycles. The van der Waals surface area contributed by atoms with Gasteiger partial charge in [0.1, 0.15) is 0 Å². The van der Waals surface area contributed by atoms with Gasteiger partial charge in [0.25, 0.3) is 0 Å². The number of hydrogen-bond acceptors (Lipinski definition) is 0. The Balaban J connectivity index is 2.99. The molecule has 0 aromatic heterocycles. The zero-order valence-corrected chi connectivity index (χ0v) is 12.2. The van der Waals surface area contributed by atoms with Crippen LogP contribution < -0.4 is 0 Å². The van der Waals surface area contributed by atoms with Gasteiger partial charge in [0.15, 0.2) is 0 Å². The third kappa shape index (κ3) is 15.9. The van der Waals surface area contributed by atoms with E-state index in [0.29, 0.717) is 6.42 Å². The molecule has 0 unspecified atom stereocenters. The third-order valence-electron chi connectivity index (χ3n) is 3.37. The molecule has 109 valence electrons. The van der Waals surface area contributed by atoms with Crippen LogP contribution in [0.2, 0.25) is 0 Å².